The second-order valence-electron chi connectivity index (χ2n) is 2.12. The van der Waals surface area contributed by atoms with Crippen molar-refractivity contribution in [2.24, 2.45) is 0 Å². The Labute approximate surface area is 65.8 Å². The number of hydrogen-bond acceptors (Lipinski definition) is 4. The van der Waals surface area contributed by atoms with E-state index >= 15 is 0 Å². The van der Waals surface area contributed by atoms with Crippen LogP contribution in [0.3, 0.4) is 0 Å². The van der Waals surface area contributed by atoms with E-state index in [2.05, 4.69) is 14.7 Å². The maximum Gasteiger partial charge on any atom is 0.405 e. The first-order chi connectivity index (χ1) is 5.47. The molecule has 0 unspecified atom stereocenters. The van der Waals surface area contributed by atoms with Crippen LogP contribution in [0.4, 0.5) is 19.2 Å². The van der Waals surface area contributed by atoms with Crippen LogP contribution in [-0.4, -0.2) is 22.9 Å². The smallest absolute Gasteiger partial charge is 0.329 e. The molecule has 0 aliphatic rings. The molecule has 1 aromatic rings. The molecule has 0 aliphatic carbocycles. The number of nitrogens with zero attached hydrogens (tertiary/aromatic N) is 2. The Balaban J connectivity index is 2.44. The van der Waals surface area contributed by atoms with Gasteiger partial charge in [0.05, 0.1) is 0 Å². The minimum atomic E-state index is -4.28. The van der Waals surface area contributed by atoms with Crippen LogP contribution in [0.5, 0.6) is 0 Å². The van der Waals surface area contributed by atoms with Crippen molar-refractivity contribution in [1.29, 1.82) is 0 Å². The van der Waals surface area contributed by atoms with Crippen LogP contribution in [-0.2, 0) is 0 Å². The Bertz CT molecular complexity index is 257. The highest BCUT2D eigenvalue weighted by molar-refractivity contribution is 5.17. The van der Waals surface area contributed by atoms with Gasteiger partial charge < -0.3 is 9.84 Å². The monoisotopic (exact) mass is 181 g/mol. The van der Waals surface area contributed by atoms with Gasteiger partial charge in [-0.3, -0.25) is 0 Å². The molecular weight excluding hydrogens is 175 g/mol. The molecule has 0 saturated heterocycles. The Hall–Kier alpha value is -1.27. The first kappa shape index (κ1) is 8.82. The van der Waals surface area contributed by atoms with E-state index in [4.69, 9.17) is 0 Å². The maximum absolute atomic E-state index is 11.6. The zero-order chi connectivity index (χ0) is 9.19. The van der Waals surface area contributed by atoms with Crippen LogP contribution in [0.1, 0.15) is 5.82 Å². The van der Waals surface area contributed by atoms with Crippen LogP contribution in [0.25, 0.3) is 0 Å². The lowest BCUT2D eigenvalue weighted by molar-refractivity contribution is -0.115. The molecule has 4 nitrogen and oxygen atoms in total. The summed E-state index contributed by atoms with van der Waals surface area (Å²) in [4.78, 5) is 3.52. The maximum atomic E-state index is 11.6. The molecule has 0 radical (unpaired) electrons. The average Bonchev–Trinajstić information content (AvgIpc) is 2.30. The third-order valence-electron chi connectivity index (χ3n) is 0.968. The van der Waals surface area contributed by atoms with Gasteiger partial charge >= 0.3 is 12.2 Å². The van der Waals surface area contributed by atoms with E-state index in [0.29, 0.717) is 5.82 Å². The second-order valence-corrected chi connectivity index (χ2v) is 2.12. The quantitative estimate of drug-likeness (QED) is 0.748. The number of halogens is 3. The van der Waals surface area contributed by atoms with Gasteiger partial charge in [0.1, 0.15) is 6.54 Å². The molecule has 7 heteroatoms. The zero-order valence-electron chi connectivity index (χ0n) is 6.14. The van der Waals surface area contributed by atoms with E-state index in [0.717, 1.165) is 0 Å². The third-order valence-corrected chi connectivity index (χ3v) is 0.968. The molecule has 0 bridgehead atoms. The second kappa shape index (κ2) is 3.00. The van der Waals surface area contributed by atoms with Gasteiger partial charge in [0, 0.05) is 0 Å². The van der Waals surface area contributed by atoms with E-state index in [-0.39, 0.29) is 6.01 Å². The summed E-state index contributed by atoms with van der Waals surface area (Å²) in [7, 11) is 0. The molecule has 12 heavy (non-hydrogen) atoms. The molecule has 0 aromatic carbocycles. The van der Waals surface area contributed by atoms with Gasteiger partial charge in [0.25, 0.3) is 0 Å². The molecule has 68 valence electrons. The third kappa shape index (κ3) is 2.77. The van der Waals surface area contributed by atoms with Crippen LogP contribution < -0.4 is 5.32 Å². The Kier molecular flexibility index (Phi) is 2.20. The van der Waals surface area contributed by atoms with E-state index in [1.54, 1.807) is 0 Å². The van der Waals surface area contributed by atoms with E-state index in [1.165, 1.54) is 6.92 Å². The molecule has 1 N–H and O–H groups in total. The minimum absolute atomic E-state index is 0.218. The molecule has 0 saturated carbocycles. The highest BCUT2D eigenvalue weighted by Gasteiger charge is 2.27. The summed E-state index contributed by atoms with van der Waals surface area (Å²) in [5.74, 6) is 0.291. The van der Waals surface area contributed by atoms with Gasteiger partial charge in [-0.05, 0) is 6.92 Å². The number of rotatable bonds is 2. The number of nitrogens with one attached hydrogen (secondary N) is 1. The van der Waals surface area contributed by atoms with Crippen molar-refractivity contribution >= 4 is 6.01 Å². The van der Waals surface area contributed by atoms with Gasteiger partial charge in [0.15, 0.2) is 5.82 Å². The lowest BCUT2D eigenvalue weighted by Gasteiger charge is -2.04. The normalized spacial score (nSPS) is 11.7. The summed E-state index contributed by atoms with van der Waals surface area (Å²) in [6, 6.07) is -0.218. The standard InChI is InChI=1S/C5H6F3N3O/c1-3-10-4(12-11-3)9-2-5(6,7)8/h2H2,1H3,(H,9,10,11). The minimum Gasteiger partial charge on any atom is -0.329 e. The molecule has 1 aromatic heterocycles. The van der Waals surface area contributed by atoms with E-state index in [1.807, 2.05) is 5.32 Å². The number of aryl methyl sites for hydroxylation is 1. The van der Waals surface area contributed by atoms with Crippen molar-refractivity contribution in [2.75, 3.05) is 11.9 Å². The fraction of sp³-hybridized carbons (Fsp3) is 0.600. The number of alkyl halides is 3. The van der Waals surface area contributed by atoms with Crippen molar-refractivity contribution in [2.45, 2.75) is 13.1 Å². The summed E-state index contributed by atoms with van der Waals surface area (Å²) in [6.07, 6.45) is -4.28. The summed E-state index contributed by atoms with van der Waals surface area (Å²) < 4.78 is 39.2. The molecule has 0 spiro atoms. The molecule has 0 amide bonds. The molecule has 0 aliphatic heterocycles. The summed E-state index contributed by atoms with van der Waals surface area (Å²) in [5.41, 5.74) is 0. The van der Waals surface area contributed by atoms with E-state index < -0.39 is 12.7 Å². The summed E-state index contributed by atoms with van der Waals surface area (Å²) in [6.45, 7) is 0.344. The van der Waals surface area contributed by atoms with Crippen LogP contribution in [0.2, 0.25) is 0 Å². The van der Waals surface area contributed by atoms with Crippen molar-refractivity contribution in [1.82, 2.24) is 10.1 Å². The summed E-state index contributed by atoms with van der Waals surface area (Å²) >= 11 is 0. The fourth-order valence-electron chi connectivity index (χ4n) is 0.545. The van der Waals surface area contributed by atoms with Gasteiger partial charge in [-0.25, -0.2) is 0 Å². The van der Waals surface area contributed by atoms with Crippen molar-refractivity contribution < 1.29 is 17.7 Å². The average molecular weight is 181 g/mol. The lowest BCUT2D eigenvalue weighted by atomic mass is 10.6. The van der Waals surface area contributed by atoms with Crippen LogP contribution in [0, 0.1) is 6.92 Å². The lowest BCUT2D eigenvalue weighted by Crippen LogP contribution is -2.21. The topological polar surface area (TPSA) is 51.0 Å². The highest BCUT2D eigenvalue weighted by atomic mass is 19.4. The Morgan fingerprint density at radius 3 is 2.58 bits per heavy atom. The molecule has 1 heterocycles. The summed E-state index contributed by atoms with van der Waals surface area (Å²) in [5, 5.41) is 5.24. The van der Waals surface area contributed by atoms with Gasteiger partial charge in [-0.15, -0.1) is 0 Å². The van der Waals surface area contributed by atoms with Crippen molar-refractivity contribution in [3.05, 3.63) is 5.82 Å². The van der Waals surface area contributed by atoms with Crippen molar-refractivity contribution in [3.63, 3.8) is 0 Å². The SMILES string of the molecule is Cc1noc(NCC(F)(F)F)n1. The highest BCUT2D eigenvalue weighted by Crippen LogP contribution is 2.15. The Morgan fingerprint density at radius 2 is 2.17 bits per heavy atom. The van der Waals surface area contributed by atoms with Gasteiger partial charge in [-0.1, -0.05) is 5.16 Å². The zero-order valence-corrected chi connectivity index (χ0v) is 6.14. The Morgan fingerprint density at radius 1 is 1.50 bits per heavy atom. The first-order valence-electron chi connectivity index (χ1n) is 3.08. The number of hydrogen-bond donors (Lipinski definition) is 1. The number of aromatic nitrogens is 2. The van der Waals surface area contributed by atoms with Gasteiger partial charge in [0.2, 0.25) is 0 Å². The molecule has 1 rings (SSSR count). The molecule has 0 atom stereocenters. The predicted molar refractivity (Wildman–Crippen MR) is 33.6 cm³/mol. The van der Waals surface area contributed by atoms with E-state index in [9.17, 15) is 13.2 Å². The fourth-order valence-corrected chi connectivity index (χ4v) is 0.545. The van der Waals surface area contributed by atoms with Crippen LogP contribution >= 0.6 is 0 Å². The molecule has 0 fully saturated rings. The van der Waals surface area contributed by atoms with Crippen LogP contribution in [0.15, 0.2) is 4.52 Å². The number of anilines is 1. The van der Waals surface area contributed by atoms with Crippen molar-refractivity contribution in [3.8, 4) is 0 Å². The largest absolute Gasteiger partial charge is 0.405 e. The predicted octanol–water partition coefficient (Wildman–Crippen LogP) is 1.35. The molecular formula is C5H6F3N3O. The first-order valence-corrected chi connectivity index (χ1v) is 3.08. The van der Waals surface area contributed by atoms with Gasteiger partial charge in [-0.2, -0.15) is 18.2 Å².